The molecule has 0 bridgehead atoms. The van der Waals surface area contributed by atoms with Crippen LogP contribution < -0.4 is 5.73 Å². The van der Waals surface area contributed by atoms with Gasteiger partial charge >= 0.3 is 0 Å². The van der Waals surface area contributed by atoms with Crippen LogP contribution in [0.3, 0.4) is 0 Å². The summed E-state index contributed by atoms with van der Waals surface area (Å²) in [5.74, 6) is 0. The third-order valence-electron chi connectivity index (χ3n) is 2.74. The largest absolute Gasteiger partial charge is 0.326 e. The second-order valence-electron chi connectivity index (χ2n) is 4.04. The standard InChI is InChI=1S/C13H13N3S/c1-9-2-4-12(17-9)11-8-16-7-10(6-14)3-5-13(16)15-11/h2-5,7-8H,6,14H2,1H3. The van der Waals surface area contributed by atoms with E-state index < -0.39 is 0 Å². The molecule has 0 unspecified atom stereocenters. The first-order valence-corrected chi connectivity index (χ1v) is 6.32. The average molecular weight is 243 g/mol. The minimum absolute atomic E-state index is 0.557. The van der Waals surface area contributed by atoms with E-state index in [1.54, 1.807) is 11.3 Å². The zero-order valence-electron chi connectivity index (χ0n) is 9.55. The zero-order valence-corrected chi connectivity index (χ0v) is 10.4. The number of nitrogens with two attached hydrogens (primary N) is 1. The third-order valence-corrected chi connectivity index (χ3v) is 3.76. The van der Waals surface area contributed by atoms with Gasteiger partial charge in [0, 0.05) is 23.8 Å². The normalized spacial score (nSPS) is 11.2. The summed E-state index contributed by atoms with van der Waals surface area (Å²) in [4.78, 5) is 7.12. The number of nitrogens with zero attached hydrogens (tertiary/aromatic N) is 2. The van der Waals surface area contributed by atoms with E-state index in [4.69, 9.17) is 5.73 Å². The molecule has 3 nitrogen and oxygen atoms in total. The van der Waals surface area contributed by atoms with Crippen molar-refractivity contribution in [2.24, 2.45) is 5.73 Å². The number of rotatable bonds is 2. The van der Waals surface area contributed by atoms with Gasteiger partial charge in [0.25, 0.3) is 0 Å². The summed E-state index contributed by atoms with van der Waals surface area (Å²) in [5, 5.41) is 0. The first-order valence-electron chi connectivity index (χ1n) is 5.51. The van der Waals surface area contributed by atoms with Gasteiger partial charge in [0.2, 0.25) is 0 Å². The van der Waals surface area contributed by atoms with Crippen LogP contribution in [-0.2, 0) is 6.54 Å². The van der Waals surface area contributed by atoms with Gasteiger partial charge in [0.05, 0.1) is 10.6 Å². The molecule has 86 valence electrons. The fourth-order valence-electron chi connectivity index (χ4n) is 1.85. The fourth-order valence-corrected chi connectivity index (χ4v) is 2.67. The van der Waals surface area contributed by atoms with Gasteiger partial charge in [-0.05, 0) is 30.7 Å². The van der Waals surface area contributed by atoms with E-state index in [9.17, 15) is 0 Å². The Morgan fingerprint density at radius 1 is 1.24 bits per heavy atom. The highest BCUT2D eigenvalue weighted by atomic mass is 32.1. The summed E-state index contributed by atoms with van der Waals surface area (Å²) in [7, 11) is 0. The predicted octanol–water partition coefficient (Wildman–Crippen LogP) is 2.83. The molecule has 0 saturated carbocycles. The Hall–Kier alpha value is -1.65. The van der Waals surface area contributed by atoms with E-state index in [0.29, 0.717) is 6.54 Å². The molecule has 0 aliphatic carbocycles. The Labute approximate surface area is 104 Å². The van der Waals surface area contributed by atoms with Crippen molar-refractivity contribution < 1.29 is 0 Å². The summed E-state index contributed by atoms with van der Waals surface area (Å²) < 4.78 is 2.03. The van der Waals surface area contributed by atoms with Crippen molar-refractivity contribution in [2.75, 3.05) is 0 Å². The van der Waals surface area contributed by atoms with Crippen molar-refractivity contribution in [1.82, 2.24) is 9.38 Å². The van der Waals surface area contributed by atoms with Crippen LogP contribution in [0.4, 0.5) is 0 Å². The van der Waals surface area contributed by atoms with E-state index in [-0.39, 0.29) is 0 Å². The lowest BCUT2D eigenvalue weighted by atomic mass is 10.3. The van der Waals surface area contributed by atoms with E-state index >= 15 is 0 Å². The molecule has 0 atom stereocenters. The number of hydrogen-bond acceptors (Lipinski definition) is 3. The van der Waals surface area contributed by atoms with Crippen LogP contribution in [0.25, 0.3) is 16.2 Å². The Bertz CT molecular complexity index is 666. The second-order valence-corrected chi connectivity index (χ2v) is 5.33. The van der Waals surface area contributed by atoms with E-state index in [1.807, 2.05) is 22.7 Å². The molecule has 0 radical (unpaired) electrons. The minimum Gasteiger partial charge on any atom is -0.326 e. The number of fused-ring (bicyclic) bond motifs is 1. The van der Waals surface area contributed by atoms with Crippen molar-refractivity contribution in [1.29, 1.82) is 0 Å². The van der Waals surface area contributed by atoms with Crippen LogP contribution in [0.15, 0.2) is 36.7 Å². The Kier molecular flexibility index (Phi) is 2.46. The maximum absolute atomic E-state index is 5.63. The molecule has 0 aliphatic heterocycles. The van der Waals surface area contributed by atoms with Gasteiger partial charge in [-0.15, -0.1) is 11.3 Å². The molecule has 2 N–H and O–H groups in total. The minimum atomic E-state index is 0.557. The predicted molar refractivity (Wildman–Crippen MR) is 71.1 cm³/mol. The van der Waals surface area contributed by atoms with Gasteiger partial charge in [-0.2, -0.15) is 0 Å². The van der Waals surface area contributed by atoms with Crippen molar-refractivity contribution in [2.45, 2.75) is 13.5 Å². The van der Waals surface area contributed by atoms with Crippen molar-refractivity contribution in [3.8, 4) is 10.6 Å². The third kappa shape index (κ3) is 1.85. The number of aromatic nitrogens is 2. The molecule has 3 aromatic rings. The highest BCUT2D eigenvalue weighted by molar-refractivity contribution is 7.15. The monoisotopic (exact) mass is 243 g/mol. The molecule has 0 saturated heterocycles. The van der Waals surface area contributed by atoms with Crippen molar-refractivity contribution in [3.63, 3.8) is 0 Å². The van der Waals surface area contributed by atoms with Gasteiger partial charge in [-0.1, -0.05) is 6.07 Å². The van der Waals surface area contributed by atoms with Crippen LogP contribution in [0.2, 0.25) is 0 Å². The van der Waals surface area contributed by atoms with Gasteiger partial charge in [0.15, 0.2) is 0 Å². The molecule has 0 aromatic carbocycles. The summed E-state index contributed by atoms with van der Waals surface area (Å²) in [6.07, 6.45) is 4.09. The molecule has 3 rings (SSSR count). The summed E-state index contributed by atoms with van der Waals surface area (Å²) >= 11 is 1.77. The number of pyridine rings is 1. The lowest BCUT2D eigenvalue weighted by Crippen LogP contribution is -1.97. The first-order chi connectivity index (χ1) is 8.26. The quantitative estimate of drug-likeness (QED) is 0.752. The summed E-state index contributed by atoms with van der Waals surface area (Å²) in [5.41, 5.74) is 8.73. The van der Waals surface area contributed by atoms with Gasteiger partial charge < -0.3 is 10.1 Å². The topological polar surface area (TPSA) is 43.3 Å². The molecular formula is C13H13N3S. The second kappa shape index (κ2) is 3.98. The molecule has 0 aliphatic rings. The molecule has 0 fully saturated rings. The zero-order chi connectivity index (χ0) is 11.8. The maximum atomic E-state index is 5.63. The lowest BCUT2D eigenvalue weighted by Gasteiger charge is -1.96. The van der Waals surface area contributed by atoms with Crippen LogP contribution >= 0.6 is 11.3 Å². The molecule has 0 spiro atoms. The SMILES string of the molecule is Cc1ccc(-c2cn3cc(CN)ccc3n2)s1. The van der Waals surface area contributed by atoms with Crippen molar-refractivity contribution in [3.05, 3.63) is 47.1 Å². The van der Waals surface area contributed by atoms with Gasteiger partial charge in [-0.3, -0.25) is 0 Å². The molecule has 3 heterocycles. The van der Waals surface area contributed by atoms with Crippen LogP contribution in [0, 0.1) is 6.92 Å². The van der Waals surface area contributed by atoms with Gasteiger partial charge in [0.1, 0.15) is 5.65 Å². The number of hydrogen-bond donors (Lipinski definition) is 1. The van der Waals surface area contributed by atoms with E-state index in [2.05, 4.69) is 30.2 Å². The molecule has 3 aromatic heterocycles. The molecule has 4 heteroatoms. The summed E-state index contributed by atoms with van der Waals surface area (Å²) in [6, 6.07) is 8.26. The smallest absolute Gasteiger partial charge is 0.137 e. The lowest BCUT2D eigenvalue weighted by molar-refractivity contribution is 1.03. The Morgan fingerprint density at radius 3 is 2.82 bits per heavy atom. The first kappa shape index (κ1) is 10.5. The summed E-state index contributed by atoms with van der Waals surface area (Å²) in [6.45, 7) is 2.66. The molecule has 17 heavy (non-hydrogen) atoms. The molecular weight excluding hydrogens is 230 g/mol. The number of aryl methyl sites for hydroxylation is 1. The van der Waals surface area contributed by atoms with E-state index in [1.165, 1.54) is 9.75 Å². The van der Waals surface area contributed by atoms with Crippen LogP contribution in [0.5, 0.6) is 0 Å². The number of thiophene rings is 1. The van der Waals surface area contributed by atoms with Crippen LogP contribution in [-0.4, -0.2) is 9.38 Å². The fraction of sp³-hybridized carbons (Fsp3) is 0.154. The van der Waals surface area contributed by atoms with Crippen LogP contribution in [0.1, 0.15) is 10.4 Å². The highest BCUT2D eigenvalue weighted by Crippen LogP contribution is 2.27. The Balaban J connectivity index is 2.13. The Morgan fingerprint density at radius 2 is 2.12 bits per heavy atom. The number of imidazole rings is 1. The van der Waals surface area contributed by atoms with E-state index in [0.717, 1.165) is 16.9 Å². The molecule has 0 amide bonds. The van der Waals surface area contributed by atoms with Crippen molar-refractivity contribution >= 4 is 17.0 Å². The average Bonchev–Trinajstić information content (AvgIpc) is 2.93. The highest BCUT2D eigenvalue weighted by Gasteiger charge is 2.06. The maximum Gasteiger partial charge on any atom is 0.137 e. The van der Waals surface area contributed by atoms with Gasteiger partial charge in [-0.25, -0.2) is 4.98 Å².